The molecule has 48 valence electrons. The molecule has 0 bridgehead atoms. The fourth-order valence-electron chi connectivity index (χ4n) is 0.968. The van der Waals surface area contributed by atoms with E-state index in [0.717, 1.165) is 5.37 Å². The normalized spacial score (nSPS) is 29.6. The third-order valence-corrected chi connectivity index (χ3v) is 3.05. The van der Waals surface area contributed by atoms with Gasteiger partial charge < -0.3 is 0 Å². The van der Waals surface area contributed by atoms with Gasteiger partial charge in [-0.05, 0) is 32.7 Å². The molecule has 0 aromatic rings. The summed E-state index contributed by atoms with van der Waals surface area (Å²) in [5.41, 5.74) is 0. The van der Waals surface area contributed by atoms with E-state index in [1.807, 2.05) is 0 Å². The number of hydrogen-bond donors (Lipinski definition) is 0. The molecule has 0 aromatic heterocycles. The minimum absolute atomic E-state index is 0.815. The molecule has 0 aliphatic carbocycles. The van der Waals surface area contributed by atoms with Gasteiger partial charge in [-0.1, -0.05) is 0 Å². The maximum Gasteiger partial charge on any atom is 0.0552 e. The van der Waals surface area contributed by atoms with Crippen molar-refractivity contribution in [3.63, 3.8) is 0 Å². The highest BCUT2D eigenvalue weighted by Gasteiger charge is 2.16. The van der Waals surface area contributed by atoms with Gasteiger partial charge in [0.05, 0.1) is 5.37 Å². The molecule has 1 heterocycles. The Morgan fingerprint density at radius 1 is 1.50 bits per heavy atom. The number of thioether (sulfide) groups is 1. The van der Waals surface area contributed by atoms with Gasteiger partial charge in [0.2, 0.25) is 0 Å². The van der Waals surface area contributed by atoms with Gasteiger partial charge in [-0.25, -0.2) is 0 Å². The summed E-state index contributed by atoms with van der Waals surface area (Å²) in [6.45, 7) is 0. The van der Waals surface area contributed by atoms with Crippen LogP contribution in [0.1, 0.15) is 12.8 Å². The van der Waals surface area contributed by atoms with Crippen LogP contribution >= 0.6 is 11.8 Å². The Balaban J connectivity index is 2.24. The van der Waals surface area contributed by atoms with Crippen molar-refractivity contribution >= 4 is 11.8 Å². The summed E-state index contributed by atoms with van der Waals surface area (Å²) in [5, 5.41) is 0.815. The summed E-state index contributed by atoms with van der Waals surface area (Å²) in [4.78, 5) is 2.30. The van der Waals surface area contributed by atoms with Gasteiger partial charge in [0.1, 0.15) is 0 Å². The van der Waals surface area contributed by atoms with Crippen LogP contribution in [0.15, 0.2) is 0 Å². The van der Waals surface area contributed by atoms with Crippen LogP contribution in [-0.2, 0) is 0 Å². The molecule has 2 heteroatoms. The molecule has 1 saturated heterocycles. The largest absolute Gasteiger partial charge is 0.298 e. The molecule has 1 aliphatic rings. The molecule has 0 aromatic carbocycles. The molecule has 0 radical (unpaired) electrons. The summed E-state index contributed by atoms with van der Waals surface area (Å²) in [7, 11) is 4.31. The molecule has 1 aliphatic heterocycles. The van der Waals surface area contributed by atoms with Crippen LogP contribution < -0.4 is 0 Å². The Labute approximate surface area is 55.4 Å². The lowest BCUT2D eigenvalue weighted by Gasteiger charge is -2.16. The van der Waals surface area contributed by atoms with Crippen LogP contribution in [0.4, 0.5) is 0 Å². The zero-order valence-electron chi connectivity index (χ0n) is 5.55. The SMILES string of the molecule is CN(C)C1CCCS1. The molecular weight excluding hydrogens is 118 g/mol. The minimum atomic E-state index is 0.815. The van der Waals surface area contributed by atoms with E-state index in [2.05, 4.69) is 30.8 Å². The highest BCUT2D eigenvalue weighted by Crippen LogP contribution is 2.26. The summed E-state index contributed by atoms with van der Waals surface area (Å²) < 4.78 is 0. The van der Waals surface area contributed by atoms with Crippen molar-refractivity contribution in [2.75, 3.05) is 19.8 Å². The summed E-state index contributed by atoms with van der Waals surface area (Å²) in [6, 6.07) is 0. The highest BCUT2D eigenvalue weighted by molar-refractivity contribution is 8.00. The molecule has 0 saturated carbocycles. The van der Waals surface area contributed by atoms with E-state index in [-0.39, 0.29) is 0 Å². The minimum Gasteiger partial charge on any atom is -0.298 e. The van der Waals surface area contributed by atoms with Crippen LogP contribution in [-0.4, -0.2) is 30.1 Å². The fourth-order valence-corrected chi connectivity index (χ4v) is 2.20. The average Bonchev–Trinajstić information content (AvgIpc) is 2.12. The van der Waals surface area contributed by atoms with E-state index < -0.39 is 0 Å². The quantitative estimate of drug-likeness (QED) is 0.529. The summed E-state index contributed by atoms with van der Waals surface area (Å²) in [6.07, 6.45) is 2.80. The van der Waals surface area contributed by atoms with Crippen molar-refractivity contribution in [2.45, 2.75) is 18.2 Å². The van der Waals surface area contributed by atoms with E-state index in [1.54, 1.807) is 0 Å². The van der Waals surface area contributed by atoms with Crippen molar-refractivity contribution in [1.82, 2.24) is 4.90 Å². The average molecular weight is 131 g/mol. The molecule has 8 heavy (non-hydrogen) atoms. The first-order valence-electron chi connectivity index (χ1n) is 3.09. The predicted molar refractivity (Wildman–Crippen MR) is 39.2 cm³/mol. The van der Waals surface area contributed by atoms with Gasteiger partial charge in [-0.2, -0.15) is 0 Å². The molecule has 1 fully saturated rings. The second kappa shape index (κ2) is 2.74. The standard InChI is InChI=1S/C6H13NS/c1-7(2)6-4-3-5-8-6/h6H,3-5H2,1-2H3. The smallest absolute Gasteiger partial charge is 0.0552 e. The lowest BCUT2D eigenvalue weighted by Crippen LogP contribution is -2.21. The third-order valence-electron chi connectivity index (χ3n) is 1.48. The molecule has 1 rings (SSSR count). The molecular formula is C6H13NS. The van der Waals surface area contributed by atoms with E-state index in [0.29, 0.717) is 0 Å². The van der Waals surface area contributed by atoms with Crippen molar-refractivity contribution in [3.05, 3.63) is 0 Å². The molecule has 0 amide bonds. The Morgan fingerprint density at radius 2 is 2.25 bits per heavy atom. The maximum atomic E-state index is 2.30. The van der Waals surface area contributed by atoms with Crippen LogP contribution in [0.25, 0.3) is 0 Å². The molecule has 1 nitrogen and oxygen atoms in total. The third kappa shape index (κ3) is 1.39. The first-order valence-corrected chi connectivity index (χ1v) is 4.13. The first kappa shape index (κ1) is 6.43. The van der Waals surface area contributed by atoms with Gasteiger partial charge in [0.25, 0.3) is 0 Å². The zero-order chi connectivity index (χ0) is 5.98. The van der Waals surface area contributed by atoms with E-state index in [1.165, 1.54) is 18.6 Å². The second-order valence-electron chi connectivity index (χ2n) is 2.43. The maximum absolute atomic E-state index is 2.30. The van der Waals surface area contributed by atoms with Crippen molar-refractivity contribution in [2.24, 2.45) is 0 Å². The number of nitrogens with zero attached hydrogens (tertiary/aromatic N) is 1. The Morgan fingerprint density at radius 3 is 2.50 bits per heavy atom. The molecule has 0 N–H and O–H groups in total. The fraction of sp³-hybridized carbons (Fsp3) is 1.00. The Bertz CT molecular complexity index is 66.9. The van der Waals surface area contributed by atoms with Crippen molar-refractivity contribution in [3.8, 4) is 0 Å². The van der Waals surface area contributed by atoms with Gasteiger partial charge in [-0.3, -0.25) is 4.90 Å². The van der Waals surface area contributed by atoms with E-state index in [4.69, 9.17) is 0 Å². The lowest BCUT2D eigenvalue weighted by molar-refractivity contribution is 0.375. The monoisotopic (exact) mass is 131 g/mol. The zero-order valence-corrected chi connectivity index (χ0v) is 6.37. The second-order valence-corrected chi connectivity index (χ2v) is 3.72. The van der Waals surface area contributed by atoms with Gasteiger partial charge in [0.15, 0.2) is 0 Å². The van der Waals surface area contributed by atoms with Gasteiger partial charge in [-0.15, -0.1) is 11.8 Å². The van der Waals surface area contributed by atoms with Gasteiger partial charge >= 0.3 is 0 Å². The van der Waals surface area contributed by atoms with Crippen LogP contribution in [0.2, 0.25) is 0 Å². The lowest BCUT2D eigenvalue weighted by atomic mass is 10.3. The van der Waals surface area contributed by atoms with Crippen LogP contribution in [0.3, 0.4) is 0 Å². The van der Waals surface area contributed by atoms with Gasteiger partial charge in [0, 0.05) is 0 Å². The van der Waals surface area contributed by atoms with Crippen LogP contribution in [0.5, 0.6) is 0 Å². The topological polar surface area (TPSA) is 3.24 Å². The molecule has 1 atom stereocenters. The Kier molecular flexibility index (Phi) is 2.20. The van der Waals surface area contributed by atoms with E-state index in [9.17, 15) is 0 Å². The first-order chi connectivity index (χ1) is 3.80. The van der Waals surface area contributed by atoms with E-state index >= 15 is 0 Å². The summed E-state index contributed by atoms with van der Waals surface area (Å²) in [5.74, 6) is 1.36. The van der Waals surface area contributed by atoms with Crippen LogP contribution in [0, 0.1) is 0 Å². The number of rotatable bonds is 1. The van der Waals surface area contributed by atoms with Crippen molar-refractivity contribution in [1.29, 1.82) is 0 Å². The molecule has 1 unspecified atom stereocenters. The highest BCUT2D eigenvalue weighted by atomic mass is 32.2. The predicted octanol–water partition coefficient (Wildman–Crippen LogP) is 1.40. The Hall–Kier alpha value is 0.310. The number of hydrogen-bond acceptors (Lipinski definition) is 2. The van der Waals surface area contributed by atoms with Crippen molar-refractivity contribution < 1.29 is 0 Å². The summed E-state index contributed by atoms with van der Waals surface area (Å²) >= 11 is 2.08. The molecule has 0 spiro atoms.